The Labute approximate surface area is 113 Å². The molecule has 2 heterocycles. The summed E-state index contributed by atoms with van der Waals surface area (Å²) in [5.41, 5.74) is 0.513. The third kappa shape index (κ3) is 2.79. The summed E-state index contributed by atoms with van der Waals surface area (Å²) in [5, 5.41) is 8.71. The van der Waals surface area contributed by atoms with E-state index in [1.54, 1.807) is 18.3 Å². The summed E-state index contributed by atoms with van der Waals surface area (Å²) in [5.74, 6) is -0.870. The fourth-order valence-electron chi connectivity index (χ4n) is 1.82. The van der Waals surface area contributed by atoms with E-state index < -0.39 is 24.3 Å². The summed E-state index contributed by atoms with van der Waals surface area (Å²) in [6.45, 7) is 7.91. The molecule has 0 aromatic carbocycles. The molecule has 2 rings (SSSR count). The Morgan fingerprint density at radius 2 is 1.84 bits per heavy atom. The van der Waals surface area contributed by atoms with E-state index in [1.165, 1.54) is 0 Å². The number of carboxylic acid groups (broad SMARTS) is 1. The van der Waals surface area contributed by atoms with E-state index >= 15 is 0 Å². The predicted octanol–water partition coefficient (Wildman–Crippen LogP) is 1.01. The van der Waals surface area contributed by atoms with E-state index in [2.05, 4.69) is 4.98 Å². The van der Waals surface area contributed by atoms with Crippen LogP contribution in [0.15, 0.2) is 18.3 Å². The molecule has 1 aliphatic rings. The van der Waals surface area contributed by atoms with Gasteiger partial charge in [-0.3, -0.25) is 9.78 Å². The van der Waals surface area contributed by atoms with Gasteiger partial charge < -0.3 is 14.4 Å². The Kier molecular flexibility index (Phi) is 3.41. The van der Waals surface area contributed by atoms with Crippen LogP contribution in [0.4, 0.5) is 0 Å². The van der Waals surface area contributed by atoms with Crippen molar-refractivity contribution in [2.75, 3.05) is 0 Å². The molecule has 1 aromatic rings. The zero-order valence-electron chi connectivity index (χ0n) is 11.6. The molecule has 1 aromatic heterocycles. The quantitative estimate of drug-likeness (QED) is 0.824. The van der Waals surface area contributed by atoms with Crippen molar-refractivity contribution in [3.63, 3.8) is 0 Å². The largest absolute Gasteiger partial charge is 0.514 e. The number of aliphatic carboxylic acids is 1. The van der Waals surface area contributed by atoms with Crippen molar-refractivity contribution in [1.82, 2.24) is 4.98 Å². The van der Waals surface area contributed by atoms with Gasteiger partial charge in [-0.2, -0.15) is 0 Å². The van der Waals surface area contributed by atoms with Crippen LogP contribution >= 0.6 is 0 Å². The van der Waals surface area contributed by atoms with E-state index in [4.69, 9.17) is 14.4 Å². The Morgan fingerprint density at radius 3 is 2.26 bits per heavy atom. The molecule has 0 aliphatic carbocycles. The average molecular weight is 263 g/mol. The van der Waals surface area contributed by atoms with Gasteiger partial charge in [-0.05, 0) is 39.3 Å². The van der Waals surface area contributed by atoms with Crippen molar-refractivity contribution in [3.8, 4) is 0 Å². The first-order chi connectivity index (χ1) is 8.71. The third-order valence-corrected chi connectivity index (χ3v) is 3.70. The van der Waals surface area contributed by atoms with E-state index in [-0.39, 0.29) is 6.42 Å². The molecule has 0 atom stereocenters. The molecule has 1 N–H and O–H groups in total. The maximum atomic E-state index is 10.6. The molecule has 1 aliphatic heterocycles. The number of rotatable bonds is 3. The van der Waals surface area contributed by atoms with Gasteiger partial charge in [-0.15, -0.1) is 0 Å². The maximum Gasteiger partial charge on any atom is 0.514 e. The van der Waals surface area contributed by atoms with Gasteiger partial charge in [0.2, 0.25) is 0 Å². The fourth-order valence-corrected chi connectivity index (χ4v) is 1.82. The number of hydrogen-bond acceptors (Lipinski definition) is 4. The van der Waals surface area contributed by atoms with Gasteiger partial charge in [-0.25, -0.2) is 0 Å². The number of hydrogen-bond donors (Lipinski definition) is 1. The van der Waals surface area contributed by atoms with Crippen molar-refractivity contribution in [2.24, 2.45) is 0 Å². The topological polar surface area (TPSA) is 68.7 Å². The van der Waals surface area contributed by atoms with Crippen molar-refractivity contribution in [1.29, 1.82) is 0 Å². The maximum absolute atomic E-state index is 10.6. The second kappa shape index (κ2) is 4.61. The highest BCUT2D eigenvalue weighted by Gasteiger charge is 2.52. The number of carbonyl (C=O) groups is 1. The predicted molar refractivity (Wildman–Crippen MR) is 71.3 cm³/mol. The van der Waals surface area contributed by atoms with Crippen LogP contribution in [0.25, 0.3) is 0 Å². The monoisotopic (exact) mass is 263 g/mol. The molecule has 6 heteroatoms. The fraction of sp³-hybridized carbons (Fsp3) is 0.538. The summed E-state index contributed by atoms with van der Waals surface area (Å²) < 4.78 is 11.7. The van der Waals surface area contributed by atoms with Crippen LogP contribution in [-0.4, -0.2) is 34.4 Å². The lowest BCUT2D eigenvalue weighted by molar-refractivity contribution is -0.136. The van der Waals surface area contributed by atoms with Gasteiger partial charge in [0.1, 0.15) is 0 Å². The second-order valence-electron chi connectivity index (χ2n) is 5.75. The number of pyridine rings is 1. The lowest BCUT2D eigenvalue weighted by Crippen LogP contribution is -2.41. The van der Waals surface area contributed by atoms with Crippen LogP contribution in [0.3, 0.4) is 0 Å². The number of aromatic nitrogens is 1. The highest BCUT2D eigenvalue weighted by molar-refractivity contribution is 6.61. The summed E-state index contributed by atoms with van der Waals surface area (Å²) in [6.07, 6.45) is 1.52. The van der Waals surface area contributed by atoms with Gasteiger partial charge in [0.05, 0.1) is 23.2 Å². The van der Waals surface area contributed by atoms with Gasteiger partial charge in [0.15, 0.2) is 0 Å². The molecule has 0 saturated carbocycles. The lowest BCUT2D eigenvalue weighted by Gasteiger charge is -2.32. The number of nitrogens with zero attached hydrogens (tertiary/aromatic N) is 1. The van der Waals surface area contributed by atoms with Crippen molar-refractivity contribution >= 4 is 18.7 Å². The molecule has 0 amide bonds. The minimum absolute atomic E-state index is 0.0311. The molecule has 0 unspecified atom stereocenters. The third-order valence-electron chi connectivity index (χ3n) is 3.70. The zero-order chi connectivity index (χ0) is 14.3. The highest BCUT2D eigenvalue weighted by atomic mass is 16.7. The molecular weight excluding hydrogens is 245 g/mol. The Hall–Kier alpha value is -1.40. The number of carboxylic acids is 1. The Morgan fingerprint density at radius 1 is 1.26 bits per heavy atom. The summed E-state index contributed by atoms with van der Waals surface area (Å²) in [4.78, 5) is 14.8. The highest BCUT2D eigenvalue weighted by Crippen LogP contribution is 2.36. The van der Waals surface area contributed by atoms with Gasteiger partial charge in [0, 0.05) is 6.20 Å². The molecule has 1 saturated heterocycles. The molecule has 0 radical (unpaired) electrons. The van der Waals surface area contributed by atoms with Gasteiger partial charge >= 0.3 is 13.1 Å². The minimum Gasteiger partial charge on any atom is -0.481 e. The van der Waals surface area contributed by atoms with Crippen molar-refractivity contribution in [2.45, 2.75) is 45.3 Å². The van der Waals surface area contributed by atoms with Crippen LogP contribution in [-0.2, 0) is 20.5 Å². The second-order valence-corrected chi connectivity index (χ2v) is 5.75. The van der Waals surface area contributed by atoms with Crippen LogP contribution < -0.4 is 5.59 Å². The van der Waals surface area contributed by atoms with Crippen molar-refractivity contribution < 1.29 is 19.2 Å². The summed E-state index contributed by atoms with van der Waals surface area (Å²) in [7, 11) is -0.510. The van der Waals surface area contributed by atoms with E-state index in [9.17, 15) is 4.79 Å². The van der Waals surface area contributed by atoms with Crippen LogP contribution in [0.5, 0.6) is 0 Å². The van der Waals surface area contributed by atoms with Gasteiger partial charge in [0.25, 0.3) is 0 Å². The van der Waals surface area contributed by atoms with Crippen LogP contribution in [0.1, 0.15) is 33.3 Å². The molecular formula is C13H18BNO4. The molecule has 0 bridgehead atoms. The van der Waals surface area contributed by atoms with E-state index in [0.717, 1.165) is 0 Å². The summed E-state index contributed by atoms with van der Waals surface area (Å²) >= 11 is 0. The van der Waals surface area contributed by atoms with Gasteiger partial charge in [-0.1, -0.05) is 6.07 Å². The summed E-state index contributed by atoms with van der Waals surface area (Å²) in [6, 6.07) is 3.49. The average Bonchev–Trinajstić information content (AvgIpc) is 2.48. The van der Waals surface area contributed by atoms with E-state index in [1.807, 2.05) is 27.7 Å². The molecule has 102 valence electrons. The molecule has 1 fully saturated rings. The first kappa shape index (κ1) is 14.0. The lowest BCUT2D eigenvalue weighted by atomic mass is 9.84. The van der Waals surface area contributed by atoms with Crippen LogP contribution in [0.2, 0.25) is 0 Å². The normalized spacial score (nSPS) is 20.5. The Balaban J connectivity index is 2.14. The zero-order valence-corrected chi connectivity index (χ0v) is 11.6. The first-order valence-electron chi connectivity index (χ1n) is 6.23. The first-order valence-corrected chi connectivity index (χ1v) is 6.23. The Bertz CT molecular complexity index is 468. The minimum atomic E-state index is -0.870. The molecule has 19 heavy (non-hydrogen) atoms. The standard InChI is InChI=1S/C13H18BNO4/c1-12(2)13(3,4)19-14(18-12)10-6-5-9(8-15-10)7-11(16)17/h5-6,8H,7H2,1-4H3,(H,16,17). The molecule has 0 spiro atoms. The SMILES string of the molecule is CC1(C)OB(c2ccc(CC(=O)O)cn2)OC1(C)C. The van der Waals surface area contributed by atoms with Crippen LogP contribution in [0, 0.1) is 0 Å². The van der Waals surface area contributed by atoms with Crippen molar-refractivity contribution in [3.05, 3.63) is 23.9 Å². The van der Waals surface area contributed by atoms with E-state index in [0.29, 0.717) is 11.2 Å². The molecule has 5 nitrogen and oxygen atoms in total. The smallest absolute Gasteiger partial charge is 0.481 e.